The van der Waals surface area contributed by atoms with Crippen molar-refractivity contribution in [2.75, 3.05) is 19.6 Å². The van der Waals surface area contributed by atoms with E-state index in [9.17, 15) is 9.59 Å². The summed E-state index contributed by atoms with van der Waals surface area (Å²) in [5.41, 5.74) is 0. The van der Waals surface area contributed by atoms with Gasteiger partial charge in [0.05, 0.1) is 6.54 Å². The predicted molar refractivity (Wildman–Crippen MR) is 81.4 cm³/mol. The van der Waals surface area contributed by atoms with E-state index in [0.717, 1.165) is 38.8 Å². The van der Waals surface area contributed by atoms with Gasteiger partial charge in [0.15, 0.2) is 0 Å². The summed E-state index contributed by atoms with van der Waals surface area (Å²) in [4.78, 5) is 28.0. The molecule has 1 fully saturated rings. The number of hydrogen-bond donors (Lipinski definition) is 0. The molecule has 0 atom stereocenters. The molecule has 1 aliphatic rings. The van der Waals surface area contributed by atoms with E-state index in [-0.39, 0.29) is 24.4 Å². The molecule has 0 aromatic rings. The minimum Gasteiger partial charge on any atom is -0.341 e. The van der Waals surface area contributed by atoms with Gasteiger partial charge in [-0.1, -0.05) is 33.1 Å². The third-order valence-electron chi connectivity index (χ3n) is 4.07. The van der Waals surface area contributed by atoms with Gasteiger partial charge in [0, 0.05) is 26.1 Å². The van der Waals surface area contributed by atoms with Crippen molar-refractivity contribution in [2.45, 2.75) is 71.8 Å². The van der Waals surface area contributed by atoms with E-state index in [1.807, 2.05) is 4.90 Å². The Bertz CT molecular complexity index is 306. The molecular formula is C16H30N2O2. The Hall–Kier alpha value is -1.06. The van der Waals surface area contributed by atoms with Crippen molar-refractivity contribution >= 4 is 11.8 Å². The Kier molecular flexibility index (Phi) is 7.63. The van der Waals surface area contributed by atoms with Crippen molar-refractivity contribution in [3.63, 3.8) is 0 Å². The first kappa shape index (κ1) is 17.0. The fourth-order valence-electron chi connectivity index (χ4n) is 3.04. The van der Waals surface area contributed by atoms with Gasteiger partial charge in [-0.05, 0) is 25.7 Å². The molecule has 0 heterocycles. The van der Waals surface area contributed by atoms with E-state index in [4.69, 9.17) is 0 Å². The summed E-state index contributed by atoms with van der Waals surface area (Å²) in [6.45, 7) is 7.61. The first-order valence-corrected chi connectivity index (χ1v) is 8.15. The van der Waals surface area contributed by atoms with Gasteiger partial charge in [-0.2, -0.15) is 0 Å². The van der Waals surface area contributed by atoms with Crippen LogP contribution in [0.15, 0.2) is 0 Å². The second-order valence-electron chi connectivity index (χ2n) is 5.82. The maximum atomic E-state index is 12.4. The van der Waals surface area contributed by atoms with Gasteiger partial charge in [0.2, 0.25) is 11.8 Å². The van der Waals surface area contributed by atoms with Crippen molar-refractivity contribution in [3.8, 4) is 0 Å². The molecular weight excluding hydrogens is 252 g/mol. The highest BCUT2D eigenvalue weighted by Gasteiger charge is 2.26. The molecule has 4 nitrogen and oxygen atoms in total. The quantitative estimate of drug-likeness (QED) is 0.720. The molecule has 0 bridgehead atoms. The van der Waals surface area contributed by atoms with Gasteiger partial charge in [-0.15, -0.1) is 0 Å². The van der Waals surface area contributed by atoms with Gasteiger partial charge in [0.1, 0.15) is 0 Å². The van der Waals surface area contributed by atoms with Crippen LogP contribution in [-0.2, 0) is 9.59 Å². The molecule has 0 aliphatic heterocycles. The van der Waals surface area contributed by atoms with Gasteiger partial charge >= 0.3 is 0 Å². The van der Waals surface area contributed by atoms with Gasteiger partial charge in [0.25, 0.3) is 0 Å². The predicted octanol–water partition coefficient (Wildman–Crippen LogP) is 2.82. The highest BCUT2D eigenvalue weighted by Crippen LogP contribution is 2.22. The van der Waals surface area contributed by atoms with Crippen LogP contribution in [0.3, 0.4) is 0 Å². The molecule has 116 valence electrons. The zero-order valence-corrected chi connectivity index (χ0v) is 13.4. The summed E-state index contributed by atoms with van der Waals surface area (Å²) < 4.78 is 0. The van der Waals surface area contributed by atoms with E-state index in [1.165, 1.54) is 19.3 Å². The number of carbonyl (C=O) groups excluding carboxylic acids is 2. The van der Waals surface area contributed by atoms with E-state index in [1.54, 1.807) is 11.8 Å². The summed E-state index contributed by atoms with van der Waals surface area (Å²) in [5.74, 6) is 0.146. The van der Waals surface area contributed by atoms with Gasteiger partial charge < -0.3 is 9.80 Å². The highest BCUT2D eigenvalue weighted by atomic mass is 16.2. The SMILES string of the molecule is CCCN(CCC)C(=O)CN(C(C)=O)C1CCCCC1. The third-order valence-corrected chi connectivity index (χ3v) is 4.07. The lowest BCUT2D eigenvalue weighted by Gasteiger charge is -2.34. The zero-order valence-electron chi connectivity index (χ0n) is 13.4. The zero-order chi connectivity index (χ0) is 15.0. The Morgan fingerprint density at radius 2 is 1.55 bits per heavy atom. The normalized spacial score (nSPS) is 15.9. The van der Waals surface area contributed by atoms with Crippen LogP contribution in [0.25, 0.3) is 0 Å². The van der Waals surface area contributed by atoms with Crippen molar-refractivity contribution in [1.29, 1.82) is 0 Å². The Morgan fingerprint density at radius 1 is 1.00 bits per heavy atom. The first-order chi connectivity index (χ1) is 9.60. The maximum Gasteiger partial charge on any atom is 0.242 e. The molecule has 0 radical (unpaired) electrons. The summed E-state index contributed by atoms with van der Waals surface area (Å²) in [7, 11) is 0. The number of amides is 2. The van der Waals surface area contributed by atoms with Crippen LogP contribution >= 0.6 is 0 Å². The lowest BCUT2D eigenvalue weighted by Crippen LogP contribution is -2.47. The van der Waals surface area contributed by atoms with Gasteiger partial charge in [-0.25, -0.2) is 0 Å². The molecule has 4 heteroatoms. The molecule has 0 spiro atoms. The number of rotatable bonds is 7. The van der Waals surface area contributed by atoms with E-state index >= 15 is 0 Å². The lowest BCUT2D eigenvalue weighted by atomic mass is 9.94. The Labute approximate surface area is 123 Å². The fraction of sp³-hybridized carbons (Fsp3) is 0.875. The van der Waals surface area contributed by atoms with Crippen LogP contribution in [0.4, 0.5) is 0 Å². The molecule has 0 unspecified atom stereocenters. The molecule has 2 amide bonds. The van der Waals surface area contributed by atoms with Crippen LogP contribution < -0.4 is 0 Å². The van der Waals surface area contributed by atoms with E-state index in [2.05, 4.69) is 13.8 Å². The van der Waals surface area contributed by atoms with Crippen LogP contribution in [0.2, 0.25) is 0 Å². The van der Waals surface area contributed by atoms with Crippen molar-refractivity contribution < 1.29 is 9.59 Å². The minimum absolute atomic E-state index is 0.0400. The molecule has 0 saturated heterocycles. The van der Waals surface area contributed by atoms with E-state index in [0.29, 0.717) is 0 Å². The highest BCUT2D eigenvalue weighted by molar-refractivity contribution is 5.84. The smallest absolute Gasteiger partial charge is 0.242 e. The van der Waals surface area contributed by atoms with Crippen LogP contribution in [0, 0.1) is 0 Å². The summed E-state index contributed by atoms with van der Waals surface area (Å²) in [6, 6.07) is 0.273. The molecule has 1 aliphatic carbocycles. The Morgan fingerprint density at radius 3 is 2.00 bits per heavy atom. The summed E-state index contributed by atoms with van der Waals surface area (Å²) >= 11 is 0. The molecule has 1 rings (SSSR count). The van der Waals surface area contributed by atoms with Crippen LogP contribution in [-0.4, -0.2) is 47.3 Å². The lowest BCUT2D eigenvalue weighted by molar-refractivity contribution is -0.141. The topological polar surface area (TPSA) is 40.6 Å². The summed E-state index contributed by atoms with van der Waals surface area (Å²) in [6.07, 6.45) is 7.65. The third kappa shape index (κ3) is 5.14. The second kappa shape index (κ2) is 8.98. The number of carbonyl (C=O) groups is 2. The van der Waals surface area contributed by atoms with Crippen molar-refractivity contribution in [2.24, 2.45) is 0 Å². The van der Waals surface area contributed by atoms with E-state index < -0.39 is 0 Å². The molecule has 20 heavy (non-hydrogen) atoms. The molecule has 0 aromatic heterocycles. The molecule has 0 N–H and O–H groups in total. The molecule has 0 aromatic carbocycles. The first-order valence-electron chi connectivity index (χ1n) is 8.15. The minimum atomic E-state index is 0.0400. The van der Waals surface area contributed by atoms with Gasteiger partial charge in [-0.3, -0.25) is 9.59 Å². The average Bonchev–Trinajstić information content (AvgIpc) is 2.45. The molecule has 1 saturated carbocycles. The van der Waals surface area contributed by atoms with Crippen molar-refractivity contribution in [1.82, 2.24) is 9.80 Å². The Balaban J connectivity index is 2.63. The van der Waals surface area contributed by atoms with Crippen LogP contribution in [0.1, 0.15) is 65.7 Å². The van der Waals surface area contributed by atoms with Crippen molar-refractivity contribution in [3.05, 3.63) is 0 Å². The average molecular weight is 282 g/mol. The number of nitrogens with zero attached hydrogens (tertiary/aromatic N) is 2. The standard InChI is InChI=1S/C16H30N2O2/c1-4-11-17(12-5-2)16(20)13-18(14(3)19)15-9-7-6-8-10-15/h15H,4-13H2,1-3H3. The summed E-state index contributed by atoms with van der Waals surface area (Å²) in [5, 5.41) is 0. The maximum absolute atomic E-state index is 12.4. The number of hydrogen-bond acceptors (Lipinski definition) is 2. The largest absolute Gasteiger partial charge is 0.341 e. The monoisotopic (exact) mass is 282 g/mol. The fourth-order valence-corrected chi connectivity index (χ4v) is 3.04. The van der Waals surface area contributed by atoms with Crippen LogP contribution in [0.5, 0.6) is 0 Å². The second-order valence-corrected chi connectivity index (χ2v) is 5.82.